The lowest BCUT2D eigenvalue weighted by atomic mass is 10.2. The van der Waals surface area contributed by atoms with E-state index in [1.54, 1.807) is 0 Å². The molecule has 0 aliphatic carbocycles. The lowest BCUT2D eigenvalue weighted by molar-refractivity contribution is 0.234. The van der Waals surface area contributed by atoms with Gasteiger partial charge in [-0.3, -0.25) is 0 Å². The molecule has 0 aliphatic heterocycles. The van der Waals surface area contributed by atoms with Gasteiger partial charge < -0.3 is 20.3 Å². The molecule has 0 spiro atoms. The highest BCUT2D eigenvalue weighted by molar-refractivity contribution is 5.76. The third kappa shape index (κ3) is 4.96. The fraction of sp³-hybridized carbons (Fsp3) is 0.529. The number of hydrogen-bond donors (Lipinski definition) is 3. The second-order valence-corrected chi connectivity index (χ2v) is 5.82. The molecule has 23 heavy (non-hydrogen) atoms. The molecule has 2 amide bonds. The molecule has 3 N–H and O–H groups in total. The Morgan fingerprint density at radius 1 is 1.35 bits per heavy atom. The van der Waals surface area contributed by atoms with Crippen LogP contribution in [0.15, 0.2) is 24.3 Å². The maximum absolute atomic E-state index is 11.8. The summed E-state index contributed by atoms with van der Waals surface area (Å²) in [6, 6.07) is 8.00. The molecule has 6 heteroatoms. The molecule has 2 rings (SSSR count). The Hall–Kier alpha value is -2.08. The first-order chi connectivity index (χ1) is 11.1. The van der Waals surface area contributed by atoms with Gasteiger partial charge in [-0.25, -0.2) is 9.78 Å². The van der Waals surface area contributed by atoms with Crippen molar-refractivity contribution in [2.24, 2.45) is 0 Å². The Bertz CT molecular complexity index is 639. The molecular weight excluding hydrogens is 292 g/mol. The average Bonchev–Trinajstić information content (AvgIpc) is 2.85. The summed E-state index contributed by atoms with van der Waals surface area (Å²) in [5, 5.41) is 14.5. The van der Waals surface area contributed by atoms with Crippen LogP contribution in [-0.4, -0.2) is 39.9 Å². The predicted molar refractivity (Wildman–Crippen MR) is 91.4 cm³/mol. The number of carbonyl (C=O) groups is 1. The van der Waals surface area contributed by atoms with Crippen molar-refractivity contribution >= 4 is 17.1 Å². The first-order valence-electron chi connectivity index (χ1n) is 8.19. The summed E-state index contributed by atoms with van der Waals surface area (Å²) in [6.45, 7) is 5.54. The highest BCUT2D eigenvalue weighted by atomic mass is 16.3. The molecule has 1 heterocycles. The summed E-state index contributed by atoms with van der Waals surface area (Å²) in [5.41, 5.74) is 2.14. The van der Waals surface area contributed by atoms with E-state index in [0.29, 0.717) is 13.0 Å². The second kappa shape index (κ2) is 8.53. The molecule has 0 radical (unpaired) electrons. The van der Waals surface area contributed by atoms with Crippen molar-refractivity contribution in [3.63, 3.8) is 0 Å². The fourth-order valence-corrected chi connectivity index (χ4v) is 2.66. The van der Waals surface area contributed by atoms with E-state index < -0.39 is 0 Å². The monoisotopic (exact) mass is 318 g/mol. The number of para-hydroxylation sites is 2. The van der Waals surface area contributed by atoms with E-state index in [1.807, 2.05) is 32.0 Å². The van der Waals surface area contributed by atoms with Crippen molar-refractivity contribution in [1.29, 1.82) is 0 Å². The van der Waals surface area contributed by atoms with Crippen LogP contribution in [0.1, 0.15) is 32.0 Å². The van der Waals surface area contributed by atoms with E-state index >= 15 is 0 Å². The number of aliphatic hydroxyl groups is 1. The molecule has 0 fully saturated rings. The van der Waals surface area contributed by atoms with Gasteiger partial charge in [-0.1, -0.05) is 12.1 Å². The van der Waals surface area contributed by atoms with Gasteiger partial charge >= 0.3 is 6.03 Å². The molecule has 0 bridgehead atoms. The number of aromatic nitrogens is 2. The molecule has 2 aromatic rings. The third-order valence-corrected chi connectivity index (χ3v) is 3.86. The van der Waals surface area contributed by atoms with E-state index in [2.05, 4.69) is 26.3 Å². The molecule has 126 valence electrons. The van der Waals surface area contributed by atoms with Crippen molar-refractivity contribution in [3.8, 4) is 0 Å². The minimum Gasteiger partial charge on any atom is -0.396 e. The number of rotatable bonds is 8. The smallest absolute Gasteiger partial charge is 0.314 e. The zero-order valence-corrected chi connectivity index (χ0v) is 13.9. The van der Waals surface area contributed by atoms with Crippen molar-refractivity contribution in [2.75, 3.05) is 13.2 Å². The van der Waals surface area contributed by atoms with E-state index in [0.717, 1.165) is 36.2 Å². The third-order valence-electron chi connectivity index (χ3n) is 3.86. The van der Waals surface area contributed by atoms with Crippen LogP contribution in [0, 0.1) is 6.92 Å². The van der Waals surface area contributed by atoms with Crippen LogP contribution < -0.4 is 10.6 Å². The summed E-state index contributed by atoms with van der Waals surface area (Å²) in [4.78, 5) is 16.3. The first kappa shape index (κ1) is 17.3. The Labute approximate surface area is 136 Å². The molecule has 0 aliphatic rings. The number of nitrogens with zero attached hydrogens (tertiary/aromatic N) is 2. The van der Waals surface area contributed by atoms with Gasteiger partial charge in [0.15, 0.2) is 0 Å². The van der Waals surface area contributed by atoms with Gasteiger partial charge in [-0.05, 0) is 45.2 Å². The molecule has 0 saturated carbocycles. The minimum absolute atomic E-state index is 0.0713. The Kier molecular flexibility index (Phi) is 6.40. The molecule has 1 unspecified atom stereocenters. The van der Waals surface area contributed by atoms with Crippen molar-refractivity contribution < 1.29 is 9.90 Å². The first-order valence-corrected chi connectivity index (χ1v) is 8.19. The van der Waals surface area contributed by atoms with Gasteiger partial charge in [0.25, 0.3) is 0 Å². The largest absolute Gasteiger partial charge is 0.396 e. The fourth-order valence-electron chi connectivity index (χ4n) is 2.66. The van der Waals surface area contributed by atoms with Crippen LogP contribution >= 0.6 is 0 Å². The highest BCUT2D eigenvalue weighted by Gasteiger charge is 2.08. The summed E-state index contributed by atoms with van der Waals surface area (Å²) in [5.74, 6) is 0.994. The number of urea groups is 1. The standard InChI is InChI=1S/C17H26N4O2/c1-13(7-5-12-22)19-17(23)18-10-6-11-21-14(2)20-15-8-3-4-9-16(15)21/h3-4,8-9,13,22H,5-7,10-12H2,1-2H3,(H2,18,19,23). The number of amides is 2. The number of fused-ring (bicyclic) bond motifs is 1. The summed E-state index contributed by atoms with van der Waals surface area (Å²) in [6.07, 6.45) is 2.33. The zero-order valence-electron chi connectivity index (χ0n) is 13.9. The lowest BCUT2D eigenvalue weighted by Gasteiger charge is -2.14. The van der Waals surface area contributed by atoms with Gasteiger partial charge in [-0.2, -0.15) is 0 Å². The molecule has 1 aromatic heterocycles. The van der Waals surface area contributed by atoms with E-state index in [1.165, 1.54) is 0 Å². The van der Waals surface area contributed by atoms with Crippen molar-refractivity contribution in [1.82, 2.24) is 20.2 Å². The van der Waals surface area contributed by atoms with Crippen LogP contribution in [-0.2, 0) is 6.54 Å². The number of nitrogens with one attached hydrogen (secondary N) is 2. The van der Waals surface area contributed by atoms with Crippen molar-refractivity contribution in [2.45, 2.75) is 45.7 Å². The zero-order chi connectivity index (χ0) is 16.7. The maximum atomic E-state index is 11.8. The van der Waals surface area contributed by atoms with Crippen LogP contribution in [0.5, 0.6) is 0 Å². The van der Waals surface area contributed by atoms with Crippen LogP contribution in [0.4, 0.5) is 4.79 Å². The van der Waals surface area contributed by atoms with Gasteiger partial charge in [0, 0.05) is 25.7 Å². The molecule has 1 atom stereocenters. The minimum atomic E-state index is -0.150. The number of benzene rings is 1. The number of aliphatic hydroxyl groups excluding tert-OH is 1. The summed E-state index contributed by atoms with van der Waals surface area (Å²) < 4.78 is 2.18. The van der Waals surface area contributed by atoms with Crippen LogP contribution in [0.25, 0.3) is 11.0 Å². The normalized spacial score (nSPS) is 12.3. The number of imidazole rings is 1. The van der Waals surface area contributed by atoms with E-state index in [4.69, 9.17) is 5.11 Å². The average molecular weight is 318 g/mol. The van der Waals surface area contributed by atoms with Gasteiger partial charge in [-0.15, -0.1) is 0 Å². The molecular formula is C17H26N4O2. The van der Waals surface area contributed by atoms with E-state index in [-0.39, 0.29) is 18.7 Å². The van der Waals surface area contributed by atoms with Crippen LogP contribution in [0.2, 0.25) is 0 Å². The lowest BCUT2D eigenvalue weighted by Crippen LogP contribution is -2.41. The SMILES string of the molecule is Cc1nc2ccccc2n1CCCNC(=O)NC(C)CCCO. The molecule has 6 nitrogen and oxygen atoms in total. The van der Waals surface area contributed by atoms with Gasteiger partial charge in [0.05, 0.1) is 11.0 Å². The summed E-state index contributed by atoms with van der Waals surface area (Å²) in [7, 11) is 0. The van der Waals surface area contributed by atoms with Gasteiger partial charge in [0.1, 0.15) is 5.82 Å². The highest BCUT2D eigenvalue weighted by Crippen LogP contribution is 2.15. The van der Waals surface area contributed by atoms with Crippen molar-refractivity contribution in [3.05, 3.63) is 30.1 Å². The maximum Gasteiger partial charge on any atom is 0.314 e. The number of aryl methyl sites for hydroxylation is 2. The Morgan fingerprint density at radius 3 is 2.91 bits per heavy atom. The van der Waals surface area contributed by atoms with Gasteiger partial charge in [0.2, 0.25) is 0 Å². The second-order valence-electron chi connectivity index (χ2n) is 5.82. The quantitative estimate of drug-likeness (QED) is 0.653. The number of carbonyl (C=O) groups excluding carboxylic acids is 1. The Morgan fingerprint density at radius 2 is 2.13 bits per heavy atom. The molecule has 0 saturated heterocycles. The topological polar surface area (TPSA) is 79.2 Å². The predicted octanol–water partition coefficient (Wildman–Crippen LogP) is 2.20. The summed E-state index contributed by atoms with van der Waals surface area (Å²) >= 11 is 0. The number of hydrogen-bond acceptors (Lipinski definition) is 3. The molecule has 1 aromatic carbocycles. The van der Waals surface area contributed by atoms with E-state index in [9.17, 15) is 4.79 Å². The van der Waals surface area contributed by atoms with Crippen LogP contribution in [0.3, 0.4) is 0 Å². The Balaban J connectivity index is 1.74.